The molecule has 1 fully saturated rings. The zero-order valence-electron chi connectivity index (χ0n) is 19.3. The molecule has 0 bridgehead atoms. The Kier molecular flexibility index (Phi) is 6.33. The van der Waals surface area contributed by atoms with Crippen LogP contribution in [-0.4, -0.2) is 39.9 Å². The summed E-state index contributed by atoms with van der Waals surface area (Å²) >= 11 is 9.88. The zero-order valence-corrected chi connectivity index (χ0v) is 21.7. The number of halogens is 1. The van der Waals surface area contributed by atoms with Gasteiger partial charge in [-0.05, 0) is 36.4 Å². The highest BCUT2D eigenvalue weighted by Crippen LogP contribution is 2.49. The molecule has 4 aromatic rings. The van der Waals surface area contributed by atoms with E-state index in [1.54, 1.807) is 38.7 Å². The molecule has 2 aromatic carbocycles. The molecule has 0 spiro atoms. The van der Waals surface area contributed by atoms with Crippen molar-refractivity contribution in [2.24, 2.45) is 0 Å². The minimum atomic E-state index is -0.162. The molecular formula is C27H23ClN4O2S2. The molecule has 0 radical (unpaired) electrons. The highest BCUT2D eigenvalue weighted by molar-refractivity contribution is 8.00. The number of hydrogen-bond donors (Lipinski definition) is 1. The van der Waals surface area contributed by atoms with Gasteiger partial charge in [-0.1, -0.05) is 60.1 Å². The van der Waals surface area contributed by atoms with Crippen molar-refractivity contribution in [3.63, 3.8) is 0 Å². The van der Waals surface area contributed by atoms with Gasteiger partial charge in [0.1, 0.15) is 12.4 Å². The van der Waals surface area contributed by atoms with Crippen LogP contribution in [0.3, 0.4) is 0 Å². The molecule has 3 heterocycles. The van der Waals surface area contributed by atoms with Gasteiger partial charge in [0.15, 0.2) is 0 Å². The molecule has 36 heavy (non-hydrogen) atoms. The second-order valence-corrected chi connectivity index (χ2v) is 11.3. The number of carbonyl (C=O) groups excluding carboxylic acids is 2. The summed E-state index contributed by atoms with van der Waals surface area (Å²) in [5, 5.41) is 10.5. The monoisotopic (exact) mass is 534 g/mol. The Hall–Kier alpha value is -3.07. The number of hydrogen-bond acceptors (Lipinski definition) is 5. The molecule has 1 atom stereocenters. The Bertz CT molecular complexity index is 1420. The number of amides is 2. The van der Waals surface area contributed by atoms with Gasteiger partial charge >= 0.3 is 0 Å². The van der Waals surface area contributed by atoms with Crippen LogP contribution in [0.25, 0.3) is 16.9 Å². The normalized spacial score (nSPS) is 17.5. The molecule has 0 saturated heterocycles. The Labute approximate surface area is 222 Å². The number of thiophene rings is 1. The van der Waals surface area contributed by atoms with Crippen LogP contribution in [-0.2, 0) is 9.59 Å². The van der Waals surface area contributed by atoms with Gasteiger partial charge in [0.25, 0.3) is 0 Å². The van der Waals surface area contributed by atoms with Crippen molar-refractivity contribution >= 4 is 52.3 Å². The van der Waals surface area contributed by atoms with Gasteiger partial charge in [-0.3, -0.25) is 14.5 Å². The van der Waals surface area contributed by atoms with E-state index in [1.165, 1.54) is 0 Å². The van der Waals surface area contributed by atoms with Crippen LogP contribution >= 0.6 is 34.7 Å². The maximum absolute atomic E-state index is 13.6. The van der Waals surface area contributed by atoms with Crippen molar-refractivity contribution in [2.45, 2.75) is 24.1 Å². The molecule has 2 amide bonds. The topological polar surface area (TPSA) is 67.2 Å². The van der Waals surface area contributed by atoms with Gasteiger partial charge in [-0.2, -0.15) is 5.10 Å². The van der Waals surface area contributed by atoms with E-state index in [1.807, 2.05) is 60.0 Å². The molecule has 1 saturated carbocycles. The Balaban J connectivity index is 1.61. The van der Waals surface area contributed by atoms with E-state index in [9.17, 15) is 9.59 Å². The number of thioether (sulfide) groups is 1. The van der Waals surface area contributed by atoms with Crippen LogP contribution in [0.4, 0.5) is 5.82 Å². The second kappa shape index (κ2) is 9.76. The third kappa shape index (κ3) is 4.45. The van der Waals surface area contributed by atoms with Crippen LogP contribution in [0.1, 0.15) is 28.5 Å². The number of aromatic nitrogens is 2. The average molecular weight is 535 g/mol. The van der Waals surface area contributed by atoms with Gasteiger partial charge in [-0.25, -0.2) is 4.68 Å². The lowest BCUT2D eigenvalue weighted by molar-refractivity contribution is -0.123. The molecular weight excluding hydrogens is 512 g/mol. The largest absolute Gasteiger partial charge is 0.352 e. The fourth-order valence-corrected chi connectivity index (χ4v) is 6.82. The molecule has 1 aliphatic carbocycles. The van der Waals surface area contributed by atoms with Crippen LogP contribution in [0, 0.1) is 0 Å². The molecule has 1 N–H and O–H groups in total. The van der Waals surface area contributed by atoms with E-state index in [0.717, 1.165) is 34.5 Å². The SMILES string of the molecule is O=C(CN1C(=O)CS[C@H](c2cccs2)c2c(-c3ccccc3)nn(-c3ccccc3Cl)c21)NC1CC1. The number of fused-ring (bicyclic) bond motifs is 1. The van der Waals surface area contributed by atoms with E-state index in [-0.39, 0.29) is 35.4 Å². The Morgan fingerprint density at radius 1 is 1.06 bits per heavy atom. The average Bonchev–Trinajstić information content (AvgIpc) is 3.41. The van der Waals surface area contributed by atoms with Crippen molar-refractivity contribution < 1.29 is 9.59 Å². The van der Waals surface area contributed by atoms with Gasteiger partial charge in [0.2, 0.25) is 11.8 Å². The summed E-state index contributed by atoms with van der Waals surface area (Å²) in [5.41, 5.74) is 3.30. The lowest BCUT2D eigenvalue weighted by atomic mass is 10.0. The summed E-state index contributed by atoms with van der Waals surface area (Å²) in [5.74, 6) is 0.565. The zero-order chi connectivity index (χ0) is 24.6. The summed E-state index contributed by atoms with van der Waals surface area (Å²) < 4.78 is 1.74. The number of rotatable bonds is 6. The maximum atomic E-state index is 13.6. The number of anilines is 1. The third-order valence-electron chi connectivity index (χ3n) is 6.26. The predicted molar refractivity (Wildman–Crippen MR) is 146 cm³/mol. The predicted octanol–water partition coefficient (Wildman–Crippen LogP) is 5.70. The smallest absolute Gasteiger partial charge is 0.240 e. The molecule has 0 unspecified atom stereocenters. The highest BCUT2D eigenvalue weighted by atomic mass is 35.5. The van der Waals surface area contributed by atoms with E-state index in [2.05, 4.69) is 11.4 Å². The fourth-order valence-electron chi connectivity index (χ4n) is 4.43. The van der Waals surface area contributed by atoms with Crippen molar-refractivity contribution in [3.05, 3.63) is 87.6 Å². The first kappa shape index (κ1) is 23.3. The Morgan fingerprint density at radius 2 is 1.83 bits per heavy atom. The van der Waals surface area contributed by atoms with E-state index in [0.29, 0.717) is 16.5 Å². The maximum Gasteiger partial charge on any atom is 0.240 e. The van der Waals surface area contributed by atoms with Crippen LogP contribution < -0.4 is 10.2 Å². The first-order valence-electron chi connectivity index (χ1n) is 11.8. The molecule has 9 heteroatoms. The quantitative estimate of drug-likeness (QED) is 0.344. The summed E-state index contributed by atoms with van der Waals surface area (Å²) in [6.07, 6.45) is 1.97. The van der Waals surface area contributed by atoms with Crippen LogP contribution in [0.5, 0.6) is 0 Å². The van der Waals surface area contributed by atoms with Gasteiger partial charge < -0.3 is 5.32 Å². The number of nitrogens with one attached hydrogen (secondary N) is 1. The summed E-state index contributed by atoms with van der Waals surface area (Å²) in [4.78, 5) is 29.3. The molecule has 2 aromatic heterocycles. The number of carbonyl (C=O) groups is 2. The number of para-hydroxylation sites is 1. The number of nitrogens with zero attached hydrogens (tertiary/aromatic N) is 3. The first-order valence-corrected chi connectivity index (χ1v) is 14.1. The summed E-state index contributed by atoms with van der Waals surface area (Å²) in [7, 11) is 0. The molecule has 2 aliphatic rings. The Morgan fingerprint density at radius 3 is 2.56 bits per heavy atom. The lowest BCUT2D eigenvalue weighted by Gasteiger charge is -2.23. The van der Waals surface area contributed by atoms with Crippen molar-refractivity contribution in [3.8, 4) is 16.9 Å². The van der Waals surface area contributed by atoms with Gasteiger partial charge in [0, 0.05) is 22.0 Å². The molecule has 6 nitrogen and oxygen atoms in total. The summed E-state index contributed by atoms with van der Waals surface area (Å²) in [6, 6.07) is 21.7. The number of benzene rings is 2. The third-order valence-corrected chi connectivity index (χ3v) is 8.91. The fraction of sp³-hybridized carbons (Fsp3) is 0.222. The van der Waals surface area contributed by atoms with Gasteiger partial charge in [0.05, 0.1) is 27.4 Å². The van der Waals surface area contributed by atoms with Crippen molar-refractivity contribution in [1.82, 2.24) is 15.1 Å². The second-order valence-electron chi connectivity index (χ2n) is 8.84. The minimum absolute atomic E-state index is 0.0651. The molecule has 6 rings (SSSR count). The minimum Gasteiger partial charge on any atom is -0.352 e. The highest BCUT2D eigenvalue weighted by Gasteiger charge is 2.38. The van der Waals surface area contributed by atoms with Crippen LogP contribution in [0.2, 0.25) is 5.02 Å². The lowest BCUT2D eigenvalue weighted by Crippen LogP contribution is -2.43. The van der Waals surface area contributed by atoms with E-state index < -0.39 is 0 Å². The first-order chi connectivity index (χ1) is 17.6. The van der Waals surface area contributed by atoms with Crippen molar-refractivity contribution in [1.29, 1.82) is 0 Å². The standard InChI is InChI=1S/C27H23ClN4O2S2/c28-19-9-4-5-10-20(19)32-27-24(25(30-32)17-7-2-1-3-8-17)26(21-11-6-14-35-21)36-16-23(34)31(27)15-22(33)29-18-12-13-18/h1-11,14,18,26H,12-13,15-16H2,(H,29,33)/t26-/m1/s1. The molecule has 1 aliphatic heterocycles. The van der Waals surface area contributed by atoms with E-state index in [4.69, 9.17) is 16.7 Å². The van der Waals surface area contributed by atoms with Crippen molar-refractivity contribution in [2.75, 3.05) is 17.2 Å². The van der Waals surface area contributed by atoms with Crippen LogP contribution in [0.15, 0.2) is 72.1 Å². The van der Waals surface area contributed by atoms with Gasteiger partial charge in [-0.15, -0.1) is 23.1 Å². The molecule has 182 valence electrons. The summed E-state index contributed by atoms with van der Waals surface area (Å²) in [6.45, 7) is -0.0651. The van der Waals surface area contributed by atoms with E-state index >= 15 is 0 Å².